The minimum Gasteiger partial charge on any atom is -0.492 e. The third-order valence-electron chi connectivity index (χ3n) is 4.60. The van der Waals surface area contributed by atoms with Crippen molar-refractivity contribution in [2.45, 2.75) is 26.7 Å². The summed E-state index contributed by atoms with van der Waals surface area (Å²) in [5, 5.41) is 5.27. The molecule has 4 nitrogen and oxygen atoms in total. The van der Waals surface area contributed by atoms with Crippen LogP contribution in [0.3, 0.4) is 0 Å². The molecule has 0 bridgehead atoms. The second-order valence-corrected chi connectivity index (χ2v) is 5.80. The highest BCUT2D eigenvalue weighted by Gasteiger charge is 2.32. The van der Waals surface area contributed by atoms with Crippen LogP contribution in [0.25, 0.3) is 10.8 Å². The standard InChI is InChI=1S/C19H26N2O2.ClH/c1-3-19(4-2,14-20)18(22)21-11-12-23-17-10-9-15-7-5-6-8-16(15)13-17;/h5-10,13H,3-4,11-12,14,20H2,1-2H3,(H,21,22);1H. The first-order chi connectivity index (χ1) is 11.1. The SMILES string of the molecule is CCC(CC)(CN)C(=O)NCCOc1ccc2ccccc2c1.Cl. The number of hydrogen-bond donors (Lipinski definition) is 2. The summed E-state index contributed by atoms with van der Waals surface area (Å²) >= 11 is 0. The fraction of sp³-hybridized carbons (Fsp3) is 0.421. The van der Waals surface area contributed by atoms with E-state index >= 15 is 0 Å². The highest BCUT2D eigenvalue weighted by molar-refractivity contribution is 5.85. The Morgan fingerprint density at radius 1 is 1.12 bits per heavy atom. The van der Waals surface area contributed by atoms with E-state index in [2.05, 4.69) is 17.4 Å². The number of hydrogen-bond acceptors (Lipinski definition) is 3. The van der Waals surface area contributed by atoms with Crippen molar-refractivity contribution in [1.29, 1.82) is 0 Å². The summed E-state index contributed by atoms with van der Waals surface area (Å²) in [5.41, 5.74) is 5.33. The van der Waals surface area contributed by atoms with Crippen molar-refractivity contribution >= 4 is 29.1 Å². The number of nitrogens with two attached hydrogens (primary N) is 1. The molecule has 0 aliphatic carbocycles. The lowest BCUT2D eigenvalue weighted by Crippen LogP contribution is -2.46. The normalized spacial score (nSPS) is 11.0. The minimum atomic E-state index is -0.455. The van der Waals surface area contributed by atoms with Gasteiger partial charge in [-0.2, -0.15) is 0 Å². The third-order valence-corrected chi connectivity index (χ3v) is 4.60. The molecule has 3 N–H and O–H groups in total. The van der Waals surface area contributed by atoms with E-state index in [1.807, 2.05) is 44.2 Å². The smallest absolute Gasteiger partial charge is 0.227 e. The molecule has 0 atom stereocenters. The molecule has 0 heterocycles. The summed E-state index contributed by atoms with van der Waals surface area (Å²) in [5.74, 6) is 0.834. The molecule has 0 aliphatic heterocycles. The summed E-state index contributed by atoms with van der Waals surface area (Å²) in [6.07, 6.45) is 1.49. The van der Waals surface area contributed by atoms with Crippen molar-refractivity contribution < 1.29 is 9.53 Å². The van der Waals surface area contributed by atoms with Gasteiger partial charge in [0.05, 0.1) is 12.0 Å². The number of halogens is 1. The average molecular weight is 351 g/mol. The van der Waals surface area contributed by atoms with E-state index in [0.717, 1.165) is 24.0 Å². The Bertz CT molecular complexity index is 648. The van der Waals surface area contributed by atoms with E-state index in [-0.39, 0.29) is 18.3 Å². The van der Waals surface area contributed by atoms with Gasteiger partial charge in [0.2, 0.25) is 5.91 Å². The monoisotopic (exact) mass is 350 g/mol. The average Bonchev–Trinajstić information content (AvgIpc) is 2.60. The predicted molar refractivity (Wildman–Crippen MR) is 102 cm³/mol. The summed E-state index contributed by atoms with van der Waals surface area (Å²) in [4.78, 5) is 12.3. The molecular weight excluding hydrogens is 324 g/mol. The predicted octanol–water partition coefficient (Wildman–Crippen LogP) is 3.52. The number of fused-ring (bicyclic) bond motifs is 1. The van der Waals surface area contributed by atoms with E-state index in [9.17, 15) is 4.79 Å². The van der Waals surface area contributed by atoms with E-state index < -0.39 is 5.41 Å². The van der Waals surface area contributed by atoms with E-state index in [1.165, 1.54) is 5.39 Å². The van der Waals surface area contributed by atoms with Crippen molar-refractivity contribution in [3.63, 3.8) is 0 Å². The number of ether oxygens (including phenoxy) is 1. The van der Waals surface area contributed by atoms with Gasteiger partial charge in [-0.05, 0) is 35.7 Å². The van der Waals surface area contributed by atoms with Gasteiger partial charge in [-0.1, -0.05) is 44.2 Å². The van der Waals surface area contributed by atoms with E-state index in [0.29, 0.717) is 19.7 Å². The second kappa shape index (κ2) is 9.50. The van der Waals surface area contributed by atoms with Gasteiger partial charge in [-0.15, -0.1) is 12.4 Å². The second-order valence-electron chi connectivity index (χ2n) is 5.80. The van der Waals surface area contributed by atoms with Crippen molar-refractivity contribution in [3.05, 3.63) is 42.5 Å². The van der Waals surface area contributed by atoms with Gasteiger partial charge in [-0.3, -0.25) is 4.79 Å². The van der Waals surface area contributed by atoms with Crippen LogP contribution in [0.5, 0.6) is 5.75 Å². The van der Waals surface area contributed by atoms with Crippen molar-refractivity contribution in [2.75, 3.05) is 19.7 Å². The molecule has 2 rings (SSSR count). The van der Waals surface area contributed by atoms with Crippen LogP contribution >= 0.6 is 12.4 Å². The number of nitrogens with one attached hydrogen (secondary N) is 1. The van der Waals surface area contributed by atoms with Crippen LogP contribution in [0.2, 0.25) is 0 Å². The van der Waals surface area contributed by atoms with Gasteiger partial charge in [0.1, 0.15) is 12.4 Å². The Morgan fingerprint density at radius 3 is 2.42 bits per heavy atom. The fourth-order valence-corrected chi connectivity index (χ4v) is 2.73. The topological polar surface area (TPSA) is 64.4 Å². The first kappa shape index (κ1) is 20.3. The zero-order chi connectivity index (χ0) is 16.7. The highest BCUT2D eigenvalue weighted by atomic mass is 35.5. The number of amides is 1. The molecule has 2 aromatic rings. The Labute approximate surface area is 150 Å². The maximum absolute atomic E-state index is 12.3. The van der Waals surface area contributed by atoms with Crippen LogP contribution in [0, 0.1) is 5.41 Å². The zero-order valence-electron chi connectivity index (χ0n) is 14.4. The molecule has 24 heavy (non-hydrogen) atoms. The minimum absolute atomic E-state index is 0. The largest absolute Gasteiger partial charge is 0.492 e. The van der Waals surface area contributed by atoms with Crippen molar-refractivity contribution in [1.82, 2.24) is 5.32 Å². The highest BCUT2D eigenvalue weighted by Crippen LogP contribution is 2.25. The quantitative estimate of drug-likeness (QED) is 0.716. The van der Waals surface area contributed by atoms with Gasteiger partial charge in [0, 0.05) is 6.54 Å². The Balaban J connectivity index is 0.00000288. The number of benzene rings is 2. The molecule has 0 spiro atoms. The molecule has 2 aromatic carbocycles. The molecule has 0 radical (unpaired) electrons. The van der Waals surface area contributed by atoms with Crippen LogP contribution in [0.15, 0.2) is 42.5 Å². The van der Waals surface area contributed by atoms with Crippen LogP contribution in [0.1, 0.15) is 26.7 Å². The first-order valence-electron chi connectivity index (χ1n) is 8.25. The van der Waals surface area contributed by atoms with Gasteiger partial charge < -0.3 is 15.8 Å². The summed E-state index contributed by atoms with van der Waals surface area (Å²) < 4.78 is 5.73. The summed E-state index contributed by atoms with van der Waals surface area (Å²) in [7, 11) is 0. The Morgan fingerprint density at radius 2 is 1.79 bits per heavy atom. The molecular formula is C19H27ClN2O2. The zero-order valence-corrected chi connectivity index (χ0v) is 15.2. The van der Waals surface area contributed by atoms with Crippen molar-refractivity contribution in [2.24, 2.45) is 11.1 Å². The van der Waals surface area contributed by atoms with E-state index in [1.54, 1.807) is 0 Å². The summed E-state index contributed by atoms with van der Waals surface area (Å²) in [6, 6.07) is 14.2. The number of rotatable bonds is 8. The van der Waals surface area contributed by atoms with Gasteiger partial charge in [0.25, 0.3) is 0 Å². The molecule has 0 saturated carbocycles. The summed E-state index contributed by atoms with van der Waals surface area (Å²) in [6.45, 7) is 5.30. The molecule has 0 aliphatic rings. The first-order valence-corrected chi connectivity index (χ1v) is 8.25. The number of carbonyl (C=O) groups excluding carboxylic acids is 1. The van der Waals surface area contributed by atoms with Crippen LogP contribution in [-0.2, 0) is 4.79 Å². The van der Waals surface area contributed by atoms with Crippen LogP contribution in [-0.4, -0.2) is 25.6 Å². The van der Waals surface area contributed by atoms with Gasteiger partial charge >= 0.3 is 0 Å². The molecule has 132 valence electrons. The lowest BCUT2D eigenvalue weighted by molar-refractivity contribution is -0.131. The molecule has 0 unspecified atom stereocenters. The molecule has 5 heteroatoms. The lowest BCUT2D eigenvalue weighted by atomic mass is 9.81. The Hall–Kier alpha value is -1.78. The maximum Gasteiger partial charge on any atom is 0.227 e. The van der Waals surface area contributed by atoms with E-state index in [4.69, 9.17) is 10.5 Å². The molecule has 0 aromatic heterocycles. The Kier molecular flexibility index (Phi) is 8.02. The van der Waals surface area contributed by atoms with Crippen LogP contribution < -0.4 is 15.8 Å². The van der Waals surface area contributed by atoms with Crippen molar-refractivity contribution in [3.8, 4) is 5.75 Å². The molecule has 1 amide bonds. The van der Waals surface area contributed by atoms with Gasteiger partial charge in [0.15, 0.2) is 0 Å². The van der Waals surface area contributed by atoms with Crippen LogP contribution in [0.4, 0.5) is 0 Å². The molecule has 0 saturated heterocycles. The fourth-order valence-electron chi connectivity index (χ4n) is 2.73. The van der Waals surface area contributed by atoms with Gasteiger partial charge in [-0.25, -0.2) is 0 Å². The lowest BCUT2D eigenvalue weighted by Gasteiger charge is -2.28. The number of carbonyl (C=O) groups is 1. The third kappa shape index (κ3) is 4.62. The molecule has 0 fully saturated rings. The maximum atomic E-state index is 12.3.